The molecule has 0 aliphatic heterocycles. The molecule has 0 saturated carbocycles. The van der Waals surface area contributed by atoms with Crippen LogP contribution in [0, 0.1) is 6.92 Å². The lowest BCUT2D eigenvalue weighted by atomic mass is 10.2. The Labute approximate surface area is 89.1 Å². The van der Waals surface area contributed by atoms with Gasteiger partial charge >= 0.3 is 0 Å². The fourth-order valence-corrected chi connectivity index (χ4v) is 1.45. The van der Waals surface area contributed by atoms with E-state index >= 15 is 0 Å². The van der Waals surface area contributed by atoms with Crippen molar-refractivity contribution in [1.29, 1.82) is 0 Å². The Morgan fingerprint density at radius 2 is 2.27 bits per heavy atom. The number of aromatic nitrogens is 1. The summed E-state index contributed by atoms with van der Waals surface area (Å²) in [6, 6.07) is 1.96. The third-order valence-electron chi connectivity index (χ3n) is 2.10. The van der Waals surface area contributed by atoms with Gasteiger partial charge in [0.25, 0.3) is 0 Å². The van der Waals surface area contributed by atoms with Crippen molar-refractivity contribution in [3.05, 3.63) is 23.4 Å². The second-order valence-corrected chi connectivity index (χ2v) is 3.51. The zero-order valence-corrected chi connectivity index (χ0v) is 9.03. The number of hydrogen-bond acceptors (Lipinski definition) is 4. The number of hydrogen-bond donors (Lipinski definition) is 2. The van der Waals surface area contributed by atoms with Gasteiger partial charge in [-0.15, -0.1) is 0 Å². The summed E-state index contributed by atoms with van der Waals surface area (Å²) in [4.78, 5) is 16.7. The number of amides is 1. The van der Waals surface area contributed by atoms with Gasteiger partial charge in [0.2, 0.25) is 5.91 Å². The van der Waals surface area contributed by atoms with E-state index in [1.807, 2.05) is 13.0 Å². The highest BCUT2D eigenvalue weighted by Crippen LogP contribution is 2.15. The lowest BCUT2D eigenvalue weighted by Crippen LogP contribution is -2.31. The van der Waals surface area contributed by atoms with Gasteiger partial charge in [0.1, 0.15) is 5.82 Å². The van der Waals surface area contributed by atoms with Gasteiger partial charge in [-0.2, -0.15) is 0 Å². The van der Waals surface area contributed by atoms with Crippen LogP contribution in [0.25, 0.3) is 0 Å². The van der Waals surface area contributed by atoms with Crippen molar-refractivity contribution in [3.8, 4) is 0 Å². The second kappa shape index (κ2) is 4.75. The number of aryl methyl sites for hydroxylation is 1. The van der Waals surface area contributed by atoms with E-state index in [-0.39, 0.29) is 12.5 Å². The molecule has 0 fully saturated rings. The van der Waals surface area contributed by atoms with E-state index in [2.05, 4.69) is 4.98 Å². The summed E-state index contributed by atoms with van der Waals surface area (Å²) in [6.45, 7) is 2.56. The van der Waals surface area contributed by atoms with Crippen molar-refractivity contribution in [2.75, 3.05) is 18.5 Å². The summed E-state index contributed by atoms with van der Waals surface area (Å²) in [5.74, 6) is 0.382. The molecule has 0 atom stereocenters. The Kier molecular flexibility index (Phi) is 3.62. The number of carbonyl (C=O) groups excluding carboxylic acids is 1. The lowest BCUT2D eigenvalue weighted by Gasteiger charge is -2.18. The van der Waals surface area contributed by atoms with E-state index in [0.717, 1.165) is 16.9 Å². The summed E-state index contributed by atoms with van der Waals surface area (Å²) in [7, 11) is 1.78. The Hall–Kier alpha value is -1.62. The average Bonchev–Trinajstić information content (AvgIpc) is 2.16. The quantitative estimate of drug-likeness (QED) is 0.715. The van der Waals surface area contributed by atoms with Crippen LogP contribution in [0.1, 0.15) is 11.1 Å². The topological polar surface area (TPSA) is 85.2 Å². The summed E-state index contributed by atoms with van der Waals surface area (Å²) in [5, 5.41) is 0. The highest BCUT2D eigenvalue weighted by molar-refractivity contribution is 5.79. The van der Waals surface area contributed by atoms with E-state index in [1.54, 1.807) is 18.1 Å². The number of rotatable bonds is 4. The molecule has 82 valence electrons. The molecule has 1 rings (SSSR count). The average molecular weight is 208 g/mol. The number of nitrogens with two attached hydrogens (primary N) is 2. The van der Waals surface area contributed by atoms with Crippen molar-refractivity contribution >= 4 is 11.7 Å². The van der Waals surface area contributed by atoms with Gasteiger partial charge in [-0.1, -0.05) is 0 Å². The highest BCUT2D eigenvalue weighted by Gasteiger charge is 2.08. The number of nitrogens with zero attached hydrogens (tertiary/aromatic N) is 2. The molecule has 1 heterocycles. The SMILES string of the molecule is Cc1cc(CN)cnc1N(C)CC(N)=O. The fourth-order valence-electron chi connectivity index (χ4n) is 1.45. The molecule has 0 aliphatic carbocycles. The third-order valence-corrected chi connectivity index (χ3v) is 2.10. The minimum absolute atomic E-state index is 0.163. The van der Waals surface area contributed by atoms with Gasteiger partial charge in [-0.05, 0) is 24.1 Å². The lowest BCUT2D eigenvalue weighted by molar-refractivity contribution is -0.116. The van der Waals surface area contributed by atoms with Gasteiger partial charge in [-0.3, -0.25) is 4.79 Å². The first-order valence-electron chi connectivity index (χ1n) is 4.69. The van der Waals surface area contributed by atoms with E-state index in [0.29, 0.717) is 6.54 Å². The maximum Gasteiger partial charge on any atom is 0.236 e. The number of anilines is 1. The molecule has 0 radical (unpaired) electrons. The van der Waals surface area contributed by atoms with Gasteiger partial charge in [0.05, 0.1) is 6.54 Å². The van der Waals surface area contributed by atoms with Crippen LogP contribution in [0.2, 0.25) is 0 Å². The summed E-state index contributed by atoms with van der Waals surface area (Å²) >= 11 is 0. The van der Waals surface area contributed by atoms with Crippen LogP contribution >= 0.6 is 0 Å². The molecule has 15 heavy (non-hydrogen) atoms. The number of primary amides is 1. The van der Waals surface area contributed by atoms with Crippen molar-refractivity contribution < 1.29 is 4.79 Å². The van der Waals surface area contributed by atoms with Gasteiger partial charge in [0, 0.05) is 19.8 Å². The number of likely N-dealkylation sites (N-methyl/N-ethyl adjacent to an activating group) is 1. The number of carbonyl (C=O) groups is 1. The van der Waals surface area contributed by atoms with Gasteiger partial charge in [0.15, 0.2) is 0 Å². The van der Waals surface area contributed by atoms with Crippen molar-refractivity contribution in [3.63, 3.8) is 0 Å². The summed E-state index contributed by atoms with van der Waals surface area (Å²) in [6.07, 6.45) is 1.71. The van der Waals surface area contributed by atoms with Crippen LogP contribution in [-0.4, -0.2) is 24.5 Å². The Balaban J connectivity index is 2.90. The number of pyridine rings is 1. The summed E-state index contributed by atoms with van der Waals surface area (Å²) in [5.41, 5.74) is 12.6. The molecule has 1 aromatic rings. The van der Waals surface area contributed by atoms with E-state index in [9.17, 15) is 4.79 Å². The molecule has 4 N–H and O–H groups in total. The van der Waals surface area contributed by atoms with E-state index in [1.165, 1.54) is 0 Å². The Morgan fingerprint density at radius 1 is 1.60 bits per heavy atom. The Morgan fingerprint density at radius 3 is 2.73 bits per heavy atom. The zero-order valence-electron chi connectivity index (χ0n) is 9.03. The molecule has 5 nitrogen and oxygen atoms in total. The van der Waals surface area contributed by atoms with Crippen molar-refractivity contribution in [2.45, 2.75) is 13.5 Å². The molecule has 5 heteroatoms. The van der Waals surface area contributed by atoms with Crippen LogP contribution in [0.15, 0.2) is 12.3 Å². The molecule has 0 aliphatic rings. The van der Waals surface area contributed by atoms with Gasteiger partial charge < -0.3 is 16.4 Å². The standard InChI is InChI=1S/C10H16N4O/c1-7-3-8(4-11)5-13-10(7)14(2)6-9(12)15/h3,5H,4,6,11H2,1-2H3,(H2,12,15). The van der Waals surface area contributed by atoms with Gasteiger partial charge in [-0.25, -0.2) is 4.98 Å². The van der Waals surface area contributed by atoms with Crippen molar-refractivity contribution in [1.82, 2.24) is 4.98 Å². The molecular formula is C10H16N4O. The molecule has 0 spiro atoms. The highest BCUT2D eigenvalue weighted by atomic mass is 16.1. The molecule has 0 bridgehead atoms. The fraction of sp³-hybridized carbons (Fsp3) is 0.400. The maximum absolute atomic E-state index is 10.8. The van der Waals surface area contributed by atoms with Crippen LogP contribution in [0.4, 0.5) is 5.82 Å². The Bertz CT molecular complexity index is 364. The molecular weight excluding hydrogens is 192 g/mol. The largest absolute Gasteiger partial charge is 0.368 e. The van der Waals surface area contributed by atoms with Crippen LogP contribution in [-0.2, 0) is 11.3 Å². The third kappa shape index (κ3) is 2.92. The monoisotopic (exact) mass is 208 g/mol. The molecule has 0 aromatic carbocycles. The first kappa shape index (κ1) is 11.5. The predicted octanol–water partition coefficient (Wildman–Crippen LogP) is -0.230. The van der Waals surface area contributed by atoms with E-state index < -0.39 is 0 Å². The molecule has 0 saturated heterocycles. The van der Waals surface area contributed by atoms with Crippen LogP contribution < -0.4 is 16.4 Å². The predicted molar refractivity (Wildman–Crippen MR) is 59.3 cm³/mol. The maximum atomic E-state index is 10.8. The van der Waals surface area contributed by atoms with Crippen molar-refractivity contribution in [2.24, 2.45) is 11.5 Å². The minimum Gasteiger partial charge on any atom is -0.368 e. The normalized spacial score (nSPS) is 10.1. The summed E-state index contributed by atoms with van der Waals surface area (Å²) < 4.78 is 0. The van der Waals surface area contributed by atoms with Crippen LogP contribution in [0.5, 0.6) is 0 Å². The first-order chi connectivity index (χ1) is 7.04. The smallest absolute Gasteiger partial charge is 0.236 e. The molecule has 0 unspecified atom stereocenters. The minimum atomic E-state index is -0.374. The van der Waals surface area contributed by atoms with E-state index in [4.69, 9.17) is 11.5 Å². The second-order valence-electron chi connectivity index (χ2n) is 3.51. The molecule has 1 aromatic heterocycles. The first-order valence-corrected chi connectivity index (χ1v) is 4.69. The molecule has 1 amide bonds. The zero-order chi connectivity index (χ0) is 11.4. The van der Waals surface area contributed by atoms with Crippen LogP contribution in [0.3, 0.4) is 0 Å².